The van der Waals surface area contributed by atoms with E-state index in [2.05, 4.69) is 51.4 Å². The zero-order chi connectivity index (χ0) is 34.5. The van der Waals surface area contributed by atoms with E-state index >= 15 is 0 Å². The maximum Gasteiger partial charge on any atom is 2.00 e. The number of fused-ring (bicyclic) bond motifs is 2. The molecule has 0 saturated carbocycles. The van der Waals surface area contributed by atoms with E-state index in [0.717, 1.165) is 55.5 Å². The average Bonchev–Trinajstić information content (AvgIpc) is 3.75. The Bertz CT molecular complexity index is 2270. The monoisotopic (exact) mass is 780 g/mol. The third-order valence-electron chi connectivity index (χ3n) is 7.63. The van der Waals surface area contributed by atoms with Gasteiger partial charge in [0.2, 0.25) is 0 Å². The molecule has 4 N–H and O–H groups in total. The fourth-order valence-electron chi connectivity index (χ4n) is 5.56. The zero-order valence-electron chi connectivity index (χ0n) is 26.2. The number of thiocarbonyl (C=S) groups is 2. The minimum absolute atomic E-state index is 0. The number of hydrogen-bond acceptors (Lipinski definition) is 10. The van der Waals surface area contributed by atoms with Crippen molar-refractivity contribution in [3.8, 4) is 44.8 Å². The van der Waals surface area contributed by atoms with Crippen LogP contribution in [-0.4, -0.2) is 49.4 Å². The molecule has 8 rings (SSSR count). The van der Waals surface area contributed by atoms with Crippen molar-refractivity contribution in [2.24, 2.45) is 0 Å². The largest absolute Gasteiger partial charge is 2.00 e. The molecule has 0 aliphatic heterocycles. The summed E-state index contributed by atoms with van der Waals surface area (Å²) in [6.07, 6.45) is 0. The fourth-order valence-corrected chi connectivity index (χ4v) is 5.95. The van der Waals surface area contributed by atoms with Crippen LogP contribution in [0, 0.1) is 0 Å². The van der Waals surface area contributed by atoms with Gasteiger partial charge in [0, 0.05) is 22.3 Å². The molecule has 0 radical (unpaired) electrons. The van der Waals surface area contributed by atoms with Crippen LogP contribution in [0.3, 0.4) is 0 Å². The molecule has 0 aliphatic carbocycles. The summed E-state index contributed by atoms with van der Waals surface area (Å²) in [6.45, 7) is 0. The molecule has 4 aromatic carbocycles. The van der Waals surface area contributed by atoms with Gasteiger partial charge in [0.25, 0.3) is 0 Å². The molecule has 4 aromatic heterocycles. The van der Waals surface area contributed by atoms with Gasteiger partial charge < -0.3 is 60.3 Å². The minimum atomic E-state index is 0. The van der Waals surface area contributed by atoms with Crippen molar-refractivity contribution in [1.82, 2.24) is 40.8 Å². The van der Waals surface area contributed by atoms with Crippen LogP contribution in [0.5, 0.6) is 0 Å². The van der Waals surface area contributed by atoms with Crippen molar-refractivity contribution in [3.05, 3.63) is 121 Å². The van der Waals surface area contributed by atoms with E-state index in [4.69, 9.17) is 49.7 Å². The van der Waals surface area contributed by atoms with Gasteiger partial charge in [0.1, 0.15) is 11.4 Å². The second-order valence-corrected chi connectivity index (χ2v) is 12.9. The predicted molar refractivity (Wildman–Crippen MR) is 212 cm³/mol. The van der Waals surface area contributed by atoms with E-state index < -0.39 is 0 Å². The molecular formula is C36H24FeN10S4. The van der Waals surface area contributed by atoms with Crippen LogP contribution in [0.15, 0.2) is 121 Å². The third-order valence-corrected chi connectivity index (χ3v) is 8.04. The summed E-state index contributed by atoms with van der Waals surface area (Å²) in [5.74, 6) is 1.11. The maximum atomic E-state index is 5.01. The second kappa shape index (κ2) is 16.2. The van der Waals surface area contributed by atoms with E-state index in [-0.39, 0.29) is 25.7 Å². The topological polar surface area (TPSA) is 133 Å². The number of hydrogen-bond donors (Lipinski definition) is 4. The van der Waals surface area contributed by atoms with Crippen molar-refractivity contribution in [1.29, 1.82) is 0 Å². The summed E-state index contributed by atoms with van der Waals surface area (Å²) < 4.78 is 0.455. The van der Waals surface area contributed by atoms with Crippen LogP contribution in [0.4, 0.5) is 11.6 Å². The van der Waals surface area contributed by atoms with E-state index in [1.165, 1.54) is 0 Å². The number of H-pyrrole nitrogens is 2. The standard InChI is InChI=1S/2C18H13N5S2.Fe/c2*24-18(25)19-16-14-13(11-7-3-1-4-8-11)15(12-9-5-2-6-10-12)20-22-17(14)23-21-16;/h2*1-10H,(H3,19,21,22,23,24,25);/q;;+2/p-2. The van der Waals surface area contributed by atoms with Crippen LogP contribution in [-0.2, 0) is 42.3 Å². The molecule has 0 aliphatic rings. The fraction of sp³-hybridized carbons (Fsp3) is 0. The molecule has 4 heterocycles. The van der Waals surface area contributed by atoms with Gasteiger partial charge in [0.15, 0.2) is 22.9 Å². The van der Waals surface area contributed by atoms with Gasteiger partial charge in [0.05, 0.1) is 10.8 Å². The van der Waals surface area contributed by atoms with Crippen molar-refractivity contribution >= 4 is 92.0 Å². The molecule has 0 atom stereocenters. The first kappa shape index (κ1) is 35.5. The Balaban J connectivity index is 0.000000172. The Morgan fingerprint density at radius 2 is 0.784 bits per heavy atom. The van der Waals surface area contributed by atoms with E-state index in [0.29, 0.717) is 22.9 Å². The number of nitrogens with one attached hydrogen (secondary N) is 4. The molecule has 0 fully saturated rings. The van der Waals surface area contributed by atoms with Gasteiger partial charge in [-0.2, -0.15) is 10.2 Å². The van der Waals surface area contributed by atoms with Crippen LogP contribution >= 0.6 is 24.4 Å². The molecule has 10 nitrogen and oxygen atoms in total. The Morgan fingerprint density at radius 1 is 0.471 bits per heavy atom. The summed E-state index contributed by atoms with van der Waals surface area (Å²) in [7, 11) is 0. The molecule has 0 amide bonds. The maximum absolute atomic E-state index is 5.01. The second-order valence-electron chi connectivity index (χ2n) is 10.7. The van der Waals surface area contributed by atoms with Gasteiger partial charge in [-0.25, -0.2) is 0 Å². The Morgan fingerprint density at radius 3 is 1.10 bits per heavy atom. The van der Waals surface area contributed by atoms with Gasteiger partial charge in [-0.3, -0.25) is 10.2 Å². The first-order valence-electron chi connectivity index (χ1n) is 15.1. The third kappa shape index (κ3) is 7.73. The molecule has 15 heteroatoms. The summed E-state index contributed by atoms with van der Waals surface area (Å²) in [6, 6.07) is 39.9. The number of aromatic amines is 2. The first-order chi connectivity index (χ1) is 24.5. The van der Waals surface area contributed by atoms with Crippen LogP contribution < -0.4 is 10.6 Å². The number of nitrogens with zero attached hydrogens (tertiary/aromatic N) is 6. The summed E-state index contributed by atoms with van der Waals surface area (Å²) in [5.41, 5.74) is 8.55. The van der Waals surface area contributed by atoms with Crippen LogP contribution in [0.2, 0.25) is 0 Å². The van der Waals surface area contributed by atoms with Gasteiger partial charge in [-0.1, -0.05) is 130 Å². The molecular weight excluding hydrogens is 757 g/mol. The molecule has 51 heavy (non-hydrogen) atoms. The average molecular weight is 781 g/mol. The van der Waals surface area contributed by atoms with Gasteiger partial charge in [-0.05, 0) is 11.1 Å². The summed E-state index contributed by atoms with van der Waals surface area (Å²) in [5, 5.41) is 39.3. The molecule has 0 unspecified atom stereocenters. The number of anilines is 2. The molecule has 0 bridgehead atoms. The van der Waals surface area contributed by atoms with E-state index in [1.807, 2.05) is 121 Å². The molecule has 0 saturated heterocycles. The normalized spacial score (nSPS) is 10.5. The number of benzene rings is 4. The van der Waals surface area contributed by atoms with Crippen molar-refractivity contribution in [2.45, 2.75) is 0 Å². The van der Waals surface area contributed by atoms with Crippen molar-refractivity contribution < 1.29 is 17.1 Å². The van der Waals surface area contributed by atoms with Gasteiger partial charge in [-0.15, -0.1) is 20.4 Å². The smallest absolute Gasteiger partial charge is 0.411 e. The van der Waals surface area contributed by atoms with Crippen molar-refractivity contribution in [3.63, 3.8) is 0 Å². The Kier molecular flexibility index (Phi) is 11.3. The van der Waals surface area contributed by atoms with E-state index in [9.17, 15) is 0 Å². The number of aromatic nitrogens is 8. The quantitative estimate of drug-likeness (QED) is 0.0744. The van der Waals surface area contributed by atoms with Gasteiger partial charge >= 0.3 is 17.1 Å². The molecule has 0 spiro atoms. The molecule has 8 aromatic rings. The first-order valence-corrected chi connectivity index (χ1v) is 16.8. The predicted octanol–water partition coefficient (Wildman–Crippen LogP) is 7.86. The molecule has 250 valence electrons. The number of rotatable bonds is 6. The summed E-state index contributed by atoms with van der Waals surface area (Å²) in [4.78, 5) is 0. The SMILES string of the molecule is S=C([S-])Nc1n[nH]c2nnc(-c3ccccc3)c(-c3ccccc3)c12.S=C([S-])Nc1n[nH]c2nnc(-c3ccccc3)c(-c3ccccc3)c12.[Fe+2]. The van der Waals surface area contributed by atoms with Crippen LogP contribution in [0.1, 0.15) is 0 Å². The van der Waals surface area contributed by atoms with E-state index in [1.54, 1.807) is 0 Å². The Labute approximate surface area is 324 Å². The minimum Gasteiger partial charge on any atom is -0.411 e. The summed E-state index contributed by atoms with van der Waals surface area (Å²) >= 11 is 20.0. The Hall–Kier alpha value is -5.28. The van der Waals surface area contributed by atoms with Crippen LogP contribution in [0.25, 0.3) is 66.8 Å². The zero-order valence-corrected chi connectivity index (χ0v) is 30.6. The van der Waals surface area contributed by atoms with Crippen molar-refractivity contribution in [2.75, 3.05) is 10.6 Å².